The third kappa shape index (κ3) is 1.44. The first-order valence-electron chi connectivity index (χ1n) is 6.08. The summed E-state index contributed by atoms with van der Waals surface area (Å²) in [5, 5.41) is 2.66. The minimum absolute atomic E-state index is 0.197. The van der Waals surface area contributed by atoms with E-state index in [4.69, 9.17) is 0 Å². The fourth-order valence-electron chi connectivity index (χ4n) is 2.73. The molecule has 3 aromatic rings. The maximum Gasteiger partial charge on any atom is 0.289 e. The Kier molecular flexibility index (Phi) is 2.33. The number of hydrogen-bond donors (Lipinski definition) is 0. The molecule has 0 bridgehead atoms. The van der Waals surface area contributed by atoms with Crippen LogP contribution in [0, 0.1) is 0 Å². The molecule has 0 saturated heterocycles. The Balaban J connectivity index is 1.83. The molecule has 0 amide bonds. The van der Waals surface area contributed by atoms with Crippen LogP contribution in [0.2, 0.25) is 0 Å². The van der Waals surface area contributed by atoms with E-state index in [-0.39, 0.29) is 4.06 Å². The Hall–Kier alpha value is -1.01. The predicted octanol–water partition coefficient (Wildman–Crippen LogP) is 5.36. The molecule has 0 fully saturated rings. The largest absolute Gasteiger partial charge is 0.289 e. The molecule has 1 aliphatic heterocycles. The summed E-state index contributed by atoms with van der Waals surface area (Å²) in [6.45, 7) is 0. The monoisotopic (exact) mass is 330 g/mol. The van der Waals surface area contributed by atoms with Crippen LogP contribution in [-0.4, -0.2) is 0 Å². The Bertz CT molecular complexity index is 906. The van der Waals surface area contributed by atoms with E-state index >= 15 is 0 Å². The lowest BCUT2D eigenvalue weighted by atomic mass is 10.0. The van der Waals surface area contributed by atoms with Gasteiger partial charge in [-0.25, -0.2) is 0 Å². The number of hydrogen-bond acceptors (Lipinski definition) is 5. The van der Waals surface area contributed by atoms with Crippen LogP contribution in [0.25, 0.3) is 20.6 Å². The van der Waals surface area contributed by atoms with Gasteiger partial charge in [-0.15, -0.1) is 0 Å². The lowest BCUT2D eigenvalue weighted by Gasteiger charge is -2.13. The highest BCUT2D eigenvalue weighted by molar-refractivity contribution is 8.18. The summed E-state index contributed by atoms with van der Waals surface area (Å²) >= 11 is 6.29. The van der Waals surface area contributed by atoms with Crippen LogP contribution < -0.4 is 4.06 Å². The van der Waals surface area contributed by atoms with E-state index in [1.54, 1.807) is 23.5 Å². The van der Waals surface area contributed by atoms with Crippen LogP contribution in [0.4, 0.5) is 0 Å². The molecule has 20 heavy (non-hydrogen) atoms. The molecule has 2 heterocycles. The van der Waals surface area contributed by atoms with Crippen molar-refractivity contribution in [2.75, 3.05) is 0 Å². The highest BCUT2D eigenvalue weighted by Crippen LogP contribution is 2.61. The zero-order valence-electron chi connectivity index (χ0n) is 10.0. The molecule has 96 valence electrons. The Morgan fingerprint density at radius 2 is 1.30 bits per heavy atom. The fraction of sp³-hybridized carbons (Fsp3) is 0. The standard InChI is InChI=1S/C15H6OS4/c16-15-19-13-14(20-15)18-12-9-6-2-4-7-3-1-5-8(10(7)9)11(12)17-13/h1-6H. The maximum absolute atomic E-state index is 11.6. The van der Waals surface area contributed by atoms with Gasteiger partial charge in [-0.05, 0) is 21.9 Å². The van der Waals surface area contributed by atoms with Gasteiger partial charge in [0.05, 0.1) is 8.42 Å². The second kappa shape index (κ2) is 4.01. The van der Waals surface area contributed by atoms with Crippen molar-refractivity contribution in [2.45, 2.75) is 8.42 Å². The molecule has 0 atom stereocenters. The summed E-state index contributed by atoms with van der Waals surface area (Å²) in [6.07, 6.45) is 0. The molecule has 1 nitrogen and oxygen atoms in total. The number of thioether (sulfide) groups is 2. The molecule has 5 rings (SSSR count). The van der Waals surface area contributed by atoms with Gasteiger partial charge in [0, 0.05) is 9.81 Å². The van der Waals surface area contributed by atoms with Gasteiger partial charge in [-0.1, -0.05) is 82.6 Å². The van der Waals surface area contributed by atoms with E-state index in [9.17, 15) is 4.79 Å². The Morgan fingerprint density at radius 3 is 1.85 bits per heavy atom. The number of benzene rings is 2. The lowest BCUT2D eigenvalue weighted by molar-refractivity contribution is 1.54. The van der Waals surface area contributed by atoms with Crippen molar-refractivity contribution in [3.05, 3.63) is 56.4 Å². The van der Waals surface area contributed by atoms with Crippen molar-refractivity contribution in [1.29, 1.82) is 0 Å². The fourth-order valence-corrected chi connectivity index (χ4v) is 8.23. The molecule has 0 N–H and O–H groups in total. The van der Waals surface area contributed by atoms with Gasteiger partial charge in [-0.3, -0.25) is 4.79 Å². The van der Waals surface area contributed by atoms with E-state index in [0.29, 0.717) is 0 Å². The van der Waals surface area contributed by atoms with E-state index in [2.05, 4.69) is 36.4 Å². The van der Waals surface area contributed by atoms with Gasteiger partial charge in [0.1, 0.15) is 0 Å². The van der Waals surface area contributed by atoms with Crippen molar-refractivity contribution >= 4 is 66.8 Å². The van der Waals surface area contributed by atoms with E-state index in [1.807, 2.05) is 0 Å². The van der Waals surface area contributed by atoms with Crippen molar-refractivity contribution in [2.24, 2.45) is 0 Å². The predicted molar refractivity (Wildman–Crippen MR) is 90.9 cm³/mol. The van der Waals surface area contributed by atoms with Gasteiger partial charge in [-0.2, -0.15) is 0 Å². The van der Waals surface area contributed by atoms with Crippen LogP contribution in [0.5, 0.6) is 0 Å². The maximum atomic E-state index is 11.6. The molecule has 5 heteroatoms. The van der Waals surface area contributed by atoms with Crippen LogP contribution >= 0.6 is 46.2 Å². The highest BCUT2D eigenvalue weighted by atomic mass is 32.2. The lowest BCUT2D eigenvalue weighted by Crippen LogP contribution is -1.82. The first kappa shape index (κ1) is 11.6. The second-order valence-electron chi connectivity index (χ2n) is 4.60. The topological polar surface area (TPSA) is 17.1 Å². The SMILES string of the molecule is O=c1sc2c(s1)SC1=C(S2)c2cccc3cccc1c23. The Labute approximate surface area is 131 Å². The summed E-state index contributed by atoms with van der Waals surface area (Å²) in [6, 6.07) is 13.0. The first-order valence-corrected chi connectivity index (χ1v) is 9.34. The van der Waals surface area contributed by atoms with Gasteiger partial charge < -0.3 is 0 Å². The van der Waals surface area contributed by atoms with Crippen LogP contribution in [0.1, 0.15) is 11.1 Å². The summed E-state index contributed by atoms with van der Waals surface area (Å²) in [7, 11) is 0. The molecule has 1 aromatic heterocycles. The van der Waals surface area contributed by atoms with E-state index < -0.39 is 0 Å². The minimum atomic E-state index is 0.197. The molecular formula is C15H6OS4. The van der Waals surface area contributed by atoms with Gasteiger partial charge >= 0.3 is 0 Å². The molecule has 0 saturated carbocycles. The number of rotatable bonds is 0. The molecule has 0 spiro atoms. The van der Waals surface area contributed by atoms with Gasteiger partial charge in [0.15, 0.2) is 0 Å². The zero-order chi connectivity index (χ0) is 13.3. The van der Waals surface area contributed by atoms with Gasteiger partial charge in [0.25, 0.3) is 4.06 Å². The van der Waals surface area contributed by atoms with Crippen LogP contribution in [-0.2, 0) is 0 Å². The van der Waals surface area contributed by atoms with Crippen molar-refractivity contribution in [3.8, 4) is 0 Å². The molecule has 2 aromatic carbocycles. The first-order chi connectivity index (χ1) is 9.81. The van der Waals surface area contributed by atoms with E-state index in [1.165, 1.54) is 54.4 Å². The molecule has 0 unspecified atom stereocenters. The second-order valence-corrected chi connectivity index (χ2v) is 9.38. The third-order valence-electron chi connectivity index (χ3n) is 3.51. The molecule has 0 radical (unpaired) electrons. The van der Waals surface area contributed by atoms with Gasteiger partial charge in [0.2, 0.25) is 0 Å². The average Bonchev–Trinajstić information content (AvgIpc) is 2.97. The quantitative estimate of drug-likeness (QED) is 0.552. The summed E-state index contributed by atoms with van der Waals surface area (Å²) < 4.78 is 2.52. The summed E-state index contributed by atoms with van der Waals surface area (Å²) in [4.78, 5) is 14.2. The minimum Gasteiger partial charge on any atom is -0.265 e. The number of fused-ring (bicyclic) bond motifs is 3. The third-order valence-corrected chi connectivity index (χ3v) is 8.80. The highest BCUT2D eigenvalue weighted by Gasteiger charge is 2.31. The van der Waals surface area contributed by atoms with Crippen molar-refractivity contribution in [1.82, 2.24) is 0 Å². The van der Waals surface area contributed by atoms with Crippen molar-refractivity contribution in [3.63, 3.8) is 0 Å². The summed E-state index contributed by atoms with van der Waals surface area (Å²) in [5.41, 5.74) is 2.64. The van der Waals surface area contributed by atoms with Crippen LogP contribution in [0.15, 0.2) is 49.6 Å². The van der Waals surface area contributed by atoms with Crippen molar-refractivity contribution < 1.29 is 0 Å². The normalized spacial score (nSPS) is 15.6. The molecule has 2 aliphatic rings. The Morgan fingerprint density at radius 1 is 0.750 bits per heavy atom. The zero-order valence-corrected chi connectivity index (χ0v) is 13.3. The smallest absolute Gasteiger partial charge is 0.265 e. The van der Waals surface area contributed by atoms with Crippen LogP contribution in [0.3, 0.4) is 0 Å². The average molecular weight is 330 g/mol. The molecular weight excluding hydrogens is 324 g/mol. The molecule has 1 aliphatic carbocycles. The summed E-state index contributed by atoms with van der Waals surface area (Å²) in [5.74, 6) is 0. The van der Waals surface area contributed by atoms with E-state index in [0.717, 1.165) is 8.42 Å².